The topological polar surface area (TPSA) is 15.3 Å². The largest absolute Gasteiger partial charge is 0.372 e. The molecule has 0 radical (unpaired) electrons. The lowest BCUT2D eigenvalue weighted by Crippen LogP contribution is -2.24. The number of hydrogen-bond acceptors (Lipinski definition) is 2. The number of hydrogen-bond donors (Lipinski definition) is 1. The highest BCUT2D eigenvalue weighted by atomic mass is 15.1. The molecule has 1 N–H and O–H groups in total. The smallest absolute Gasteiger partial charge is 0.0420 e. The van der Waals surface area contributed by atoms with E-state index in [9.17, 15) is 0 Å². The molecule has 2 heteroatoms. The van der Waals surface area contributed by atoms with Crippen LogP contribution in [0.1, 0.15) is 43.9 Å². The number of nitrogens with one attached hydrogen (secondary N) is 1. The summed E-state index contributed by atoms with van der Waals surface area (Å²) in [4.78, 5) is 2.51. The molecular weight excluding hydrogens is 352 g/mol. The van der Waals surface area contributed by atoms with Crippen LogP contribution in [0, 0.1) is 12.8 Å². The molecule has 0 aromatic heterocycles. The highest BCUT2D eigenvalue weighted by Crippen LogP contribution is 2.41. The molecule has 0 unspecified atom stereocenters. The first-order chi connectivity index (χ1) is 14.0. The summed E-state index contributed by atoms with van der Waals surface area (Å²) in [6.45, 7) is 11.2. The Hall–Kier alpha value is -2.74. The van der Waals surface area contributed by atoms with E-state index in [1.807, 2.05) is 0 Å². The predicted octanol–water partition coefficient (Wildman–Crippen LogP) is 7.18. The molecule has 0 aliphatic heterocycles. The van der Waals surface area contributed by atoms with Gasteiger partial charge in [0.25, 0.3) is 0 Å². The van der Waals surface area contributed by atoms with Gasteiger partial charge in [0, 0.05) is 30.2 Å². The number of anilines is 3. The summed E-state index contributed by atoms with van der Waals surface area (Å²) in [5.74, 6) is 0.730. The van der Waals surface area contributed by atoms with Gasteiger partial charge in [-0.25, -0.2) is 0 Å². The van der Waals surface area contributed by atoms with Crippen molar-refractivity contribution in [1.82, 2.24) is 0 Å². The highest BCUT2D eigenvalue weighted by molar-refractivity contribution is 5.83. The molecule has 3 aromatic rings. The maximum absolute atomic E-state index is 3.60. The third-order valence-corrected chi connectivity index (χ3v) is 5.99. The maximum atomic E-state index is 3.60. The molecule has 1 aliphatic carbocycles. The van der Waals surface area contributed by atoms with Gasteiger partial charge in [-0.05, 0) is 90.8 Å². The van der Waals surface area contributed by atoms with Crippen LogP contribution < -0.4 is 10.2 Å². The van der Waals surface area contributed by atoms with Gasteiger partial charge in [0.1, 0.15) is 0 Å². The monoisotopic (exact) mass is 384 g/mol. The van der Waals surface area contributed by atoms with Crippen molar-refractivity contribution in [2.75, 3.05) is 23.3 Å². The molecule has 0 bridgehead atoms. The van der Waals surface area contributed by atoms with Crippen molar-refractivity contribution in [2.24, 2.45) is 5.92 Å². The molecule has 0 saturated carbocycles. The Morgan fingerprint density at radius 2 is 1.69 bits per heavy atom. The Kier molecular flexibility index (Phi) is 5.62. The van der Waals surface area contributed by atoms with Gasteiger partial charge in [0.05, 0.1) is 0 Å². The third kappa shape index (κ3) is 4.17. The van der Waals surface area contributed by atoms with Gasteiger partial charge in [-0.15, -0.1) is 0 Å². The molecule has 2 nitrogen and oxygen atoms in total. The van der Waals surface area contributed by atoms with Crippen LogP contribution in [0.25, 0.3) is 11.1 Å². The second kappa shape index (κ2) is 8.32. The minimum Gasteiger partial charge on any atom is -0.372 e. The Bertz CT molecular complexity index is 989. The van der Waals surface area contributed by atoms with Crippen LogP contribution in [0.4, 0.5) is 17.1 Å². The average Bonchev–Trinajstić information content (AvgIpc) is 3.06. The Morgan fingerprint density at radius 1 is 0.931 bits per heavy atom. The normalized spacial score (nSPS) is 12.0. The lowest BCUT2D eigenvalue weighted by molar-refractivity contribution is 0.576. The van der Waals surface area contributed by atoms with E-state index in [1.54, 1.807) is 0 Å². The summed E-state index contributed by atoms with van der Waals surface area (Å²) in [5, 5.41) is 3.60. The molecule has 0 atom stereocenters. The van der Waals surface area contributed by atoms with Crippen LogP contribution in [-0.4, -0.2) is 13.1 Å². The van der Waals surface area contributed by atoms with E-state index in [0.717, 1.165) is 31.1 Å². The van der Waals surface area contributed by atoms with Crippen molar-refractivity contribution in [3.63, 3.8) is 0 Å². The van der Waals surface area contributed by atoms with Crippen molar-refractivity contribution in [3.8, 4) is 11.1 Å². The molecule has 0 heterocycles. The zero-order valence-corrected chi connectivity index (χ0v) is 18.1. The predicted molar refractivity (Wildman–Crippen MR) is 126 cm³/mol. The molecule has 3 aromatic carbocycles. The van der Waals surface area contributed by atoms with E-state index in [-0.39, 0.29) is 0 Å². The van der Waals surface area contributed by atoms with Gasteiger partial charge in [-0.1, -0.05) is 44.2 Å². The molecule has 150 valence electrons. The number of para-hydroxylation sites is 1. The lowest BCUT2D eigenvalue weighted by Gasteiger charge is -2.25. The quantitative estimate of drug-likeness (QED) is 0.363. The van der Waals surface area contributed by atoms with Gasteiger partial charge in [-0.3, -0.25) is 0 Å². The zero-order chi connectivity index (χ0) is 20.4. The molecule has 1 aliphatic rings. The van der Waals surface area contributed by atoms with Crippen molar-refractivity contribution in [1.29, 1.82) is 0 Å². The van der Waals surface area contributed by atoms with Crippen molar-refractivity contribution >= 4 is 17.1 Å². The van der Waals surface area contributed by atoms with Crippen LogP contribution in [-0.2, 0) is 6.42 Å². The van der Waals surface area contributed by atoms with E-state index in [4.69, 9.17) is 0 Å². The molecule has 0 fully saturated rings. The number of fused-ring (bicyclic) bond motifs is 3. The summed E-state index contributed by atoms with van der Waals surface area (Å²) >= 11 is 0. The molecular formula is C27H32N2. The van der Waals surface area contributed by atoms with Crippen molar-refractivity contribution in [3.05, 3.63) is 77.4 Å². The first kappa shape index (κ1) is 19.6. The standard InChI is InChI=1S/C27H32N2/c1-5-29(14-13-19(2)3)24-12-11-21-16-22-15-20(4)27(18-26(22)25(21)17-24)28-23-9-7-6-8-10-23/h6-12,15,17-19,28H,5,13-14,16H2,1-4H3. The van der Waals surface area contributed by atoms with E-state index >= 15 is 0 Å². The highest BCUT2D eigenvalue weighted by Gasteiger charge is 2.21. The lowest BCUT2D eigenvalue weighted by atomic mass is 10.0. The summed E-state index contributed by atoms with van der Waals surface area (Å²) in [6, 6.07) is 22.2. The molecule has 0 spiro atoms. The first-order valence-electron chi connectivity index (χ1n) is 10.9. The van der Waals surface area contributed by atoms with Gasteiger partial charge in [0.2, 0.25) is 0 Å². The van der Waals surface area contributed by atoms with Gasteiger partial charge >= 0.3 is 0 Å². The number of rotatable bonds is 7. The number of benzene rings is 3. The van der Waals surface area contributed by atoms with E-state index < -0.39 is 0 Å². The van der Waals surface area contributed by atoms with Crippen LogP contribution in [0.2, 0.25) is 0 Å². The van der Waals surface area contributed by atoms with Crippen LogP contribution in [0.3, 0.4) is 0 Å². The Labute approximate surface area is 175 Å². The fourth-order valence-corrected chi connectivity index (χ4v) is 4.23. The van der Waals surface area contributed by atoms with Gasteiger partial charge < -0.3 is 10.2 Å². The zero-order valence-electron chi connectivity index (χ0n) is 18.1. The summed E-state index contributed by atoms with van der Waals surface area (Å²) in [7, 11) is 0. The van der Waals surface area contributed by atoms with E-state index in [0.29, 0.717) is 0 Å². The summed E-state index contributed by atoms with van der Waals surface area (Å²) < 4.78 is 0. The van der Waals surface area contributed by atoms with Crippen LogP contribution in [0.15, 0.2) is 60.7 Å². The van der Waals surface area contributed by atoms with Crippen LogP contribution >= 0.6 is 0 Å². The number of aryl methyl sites for hydroxylation is 1. The minimum absolute atomic E-state index is 0.730. The van der Waals surface area contributed by atoms with Crippen LogP contribution in [0.5, 0.6) is 0 Å². The van der Waals surface area contributed by atoms with Crippen molar-refractivity contribution in [2.45, 2.75) is 40.5 Å². The van der Waals surface area contributed by atoms with Crippen molar-refractivity contribution < 1.29 is 0 Å². The fraction of sp³-hybridized carbons (Fsp3) is 0.333. The molecule has 0 amide bonds. The van der Waals surface area contributed by atoms with E-state index in [1.165, 1.54) is 45.6 Å². The van der Waals surface area contributed by atoms with Gasteiger partial charge in [0.15, 0.2) is 0 Å². The summed E-state index contributed by atoms with van der Waals surface area (Å²) in [5.41, 5.74) is 10.6. The fourth-order valence-electron chi connectivity index (χ4n) is 4.23. The SMILES string of the molecule is CCN(CCC(C)C)c1ccc2c(c1)-c1cc(Nc3ccccc3)c(C)cc1C2. The molecule has 4 rings (SSSR count). The Balaban J connectivity index is 1.66. The van der Waals surface area contributed by atoms with Gasteiger partial charge in [-0.2, -0.15) is 0 Å². The Morgan fingerprint density at radius 3 is 2.41 bits per heavy atom. The molecule has 29 heavy (non-hydrogen) atoms. The summed E-state index contributed by atoms with van der Waals surface area (Å²) in [6.07, 6.45) is 2.27. The van der Waals surface area contributed by atoms with E-state index in [2.05, 4.69) is 98.6 Å². The second-order valence-electron chi connectivity index (χ2n) is 8.60. The molecule has 0 saturated heterocycles. The third-order valence-electron chi connectivity index (χ3n) is 5.99. The number of nitrogens with zero attached hydrogens (tertiary/aromatic N) is 1. The first-order valence-corrected chi connectivity index (χ1v) is 10.9. The second-order valence-corrected chi connectivity index (χ2v) is 8.60. The average molecular weight is 385 g/mol. The minimum atomic E-state index is 0.730. The maximum Gasteiger partial charge on any atom is 0.0420 e.